The number of aliphatic carboxylic acids is 1. The molecule has 0 aromatic carbocycles. The number of nitrogens with zero attached hydrogens (tertiary/aromatic N) is 1. The molecule has 2 amide bonds. The van der Waals surface area contributed by atoms with Crippen LogP contribution in [0.25, 0.3) is 0 Å². The average Bonchev–Trinajstić information content (AvgIpc) is 2.25. The predicted molar refractivity (Wildman–Crippen MR) is 53.6 cm³/mol. The van der Waals surface area contributed by atoms with E-state index < -0.39 is 24.3 Å². The van der Waals surface area contributed by atoms with Gasteiger partial charge in [0.05, 0.1) is 0 Å². The topological polar surface area (TPSA) is 83.9 Å². The van der Waals surface area contributed by atoms with Crippen LogP contribution in [0.15, 0.2) is 0 Å². The Bertz CT molecular complexity index is 296. The minimum Gasteiger partial charge on any atom is -0.480 e. The van der Waals surface area contributed by atoms with Crippen molar-refractivity contribution in [3.8, 4) is 0 Å². The van der Waals surface area contributed by atoms with Gasteiger partial charge in [-0.2, -0.15) is 0 Å². The zero-order valence-corrected chi connectivity index (χ0v) is 9.14. The number of hydrogen-bond donors (Lipinski definition) is 1. The Balaban J connectivity index is 2.65. The Hall–Kier alpha value is -1.43. The van der Waals surface area contributed by atoms with Gasteiger partial charge < -0.3 is 9.84 Å². The summed E-state index contributed by atoms with van der Waals surface area (Å²) >= 11 is 0. The van der Waals surface area contributed by atoms with Crippen molar-refractivity contribution in [2.24, 2.45) is 5.92 Å². The van der Waals surface area contributed by atoms with Crippen molar-refractivity contribution in [3.05, 3.63) is 0 Å². The average molecular weight is 229 g/mol. The van der Waals surface area contributed by atoms with Gasteiger partial charge in [-0.1, -0.05) is 0 Å². The third kappa shape index (κ3) is 3.30. The van der Waals surface area contributed by atoms with Crippen LogP contribution in [0.2, 0.25) is 0 Å². The molecule has 0 atom stereocenters. The molecule has 6 nitrogen and oxygen atoms in total. The molecule has 1 N–H and O–H groups in total. The first-order chi connectivity index (χ1) is 7.52. The molecular formula is C10H15NO5. The van der Waals surface area contributed by atoms with E-state index in [-0.39, 0.29) is 5.92 Å². The molecule has 0 unspecified atom stereocenters. The second kappa shape index (κ2) is 5.60. The minimum absolute atomic E-state index is 0.294. The first-order valence-electron chi connectivity index (χ1n) is 5.14. The van der Waals surface area contributed by atoms with E-state index in [0.717, 1.165) is 4.90 Å². The lowest BCUT2D eigenvalue weighted by Crippen LogP contribution is -2.44. The summed E-state index contributed by atoms with van der Waals surface area (Å²) in [5.74, 6) is -2.41. The van der Waals surface area contributed by atoms with E-state index >= 15 is 0 Å². The maximum Gasteiger partial charge on any atom is 0.323 e. The molecule has 0 aromatic rings. The maximum absolute atomic E-state index is 11.9. The van der Waals surface area contributed by atoms with Gasteiger partial charge in [-0.25, -0.2) is 0 Å². The molecule has 0 aromatic heterocycles. The quantitative estimate of drug-likeness (QED) is 0.729. The van der Waals surface area contributed by atoms with Crippen molar-refractivity contribution < 1.29 is 24.2 Å². The van der Waals surface area contributed by atoms with E-state index in [1.165, 1.54) is 6.92 Å². The van der Waals surface area contributed by atoms with Gasteiger partial charge in [-0.05, 0) is 12.8 Å². The fourth-order valence-electron chi connectivity index (χ4n) is 1.64. The third-order valence-corrected chi connectivity index (χ3v) is 2.51. The maximum atomic E-state index is 11.9. The fraction of sp³-hybridized carbons (Fsp3) is 0.700. The molecule has 1 heterocycles. The van der Waals surface area contributed by atoms with Gasteiger partial charge in [-0.3, -0.25) is 19.3 Å². The molecule has 6 heteroatoms. The highest BCUT2D eigenvalue weighted by atomic mass is 16.5. The van der Waals surface area contributed by atoms with Gasteiger partial charge in [0, 0.05) is 26.1 Å². The molecule has 1 aliphatic heterocycles. The molecule has 90 valence electrons. The molecule has 1 rings (SSSR count). The molecule has 1 aliphatic rings. The van der Waals surface area contributed by atoms with Crippen LogP contribution in [0.1, 0.15) is 19.8 Å². The van der Waals surface area contributed by atoms with Crippen molar-refractivity contribution >= 4 is 17.8 Å². The first kappa shape index (κ1) is 12.6. The summed E-state index contributed by atoms with van der Waals surface area (Å²) in [6.45, 7) is 1.59. The van der Waals surface area contributed by atoms with Crippen molar-refractivity contribution in [1.29, 1.82) is 0 Å². The fourth-order valence-corrected chi connectivity index (χ4v) is 1.64. The van der Waals surface area contributed by atoms with Crippen LogP contribution in [0.5, 0.6) is 0 Å². The number of imide groups is 1. The summed E-state index contributed by atoms with van der Waals surface area (Å²) in [5.41, 5.74) is 0. The SMILES string of the molecule is CC(=O)N(CC(=O)O)C(=O)C1CCOCC1. The van der Waals surface area contributed by atoms with E-state index in [4.69, 9.17) is 9.84 Å². The molecular weight excluding hydrogens is 214 g/mol. The lowest BCUT2D eigenvalue weighted by Gasteiger charge is -2.26. The number of carboxylic acid groups (broad SMARTS) is 1. The summed E-state index contributed by atoms with van der Waals surface area (Å²) in [4.78, 5) is 34.4. The molecule has 1 fully saturated rings. The normalized spacial score (nSPS) is 16.8. The standard InChI is InChI=1S/C10H15NO5/c1-7(12)11(6-9(13)14)10(15)8-2-4-16-5-3-8/h8H,2-6H2,1H3,(H,13,14). The third-order valence-electron chi connectivity index (χ3n) is 2.51. The van der Waals surface area contributed by atoms with Crippen LogP contribution in [0.3, 0.4) is 0 Å². The molecule has 0 spiro atoms. The molecule has 0 radical (unpaired) electrons. The van der Waals surface area contributed by atoms with E-state index in [2.05, 4.69) is 0 Å². The number of hydrogen-bond acceptors (Lipinski definition) is 4. The Kier molecular flexibility index (Phi) is 4.42. The van der Waals surface area contributed by atoms with Gasteiger partial charge in [0.15, 0.2) is 0 Å². The highest BCUT2D eigenvalue weighted by Crippen LogP contribution is 2.17. The van der Waals surface area contributed by atoms with Crippen LogP contribution < -0.4 is 0 Å². The van der Waals surface area contributed by atoms with Crippen molar-refractivity contribution in [2.75, 3.05) is 19.8 Å². The van der Waals surface area contributed by atoms with E-state index in [1.807, 2.05) is 0 Å². The number of amides is 2. The lowest BCUT2D eigenvalue weighted by molar-refractivity contribution is -0.154. The van der Waals surface area contributed by atoms with E-state index in [9.17, 15) is 14.4 Å². The van der Waals surface area contributed by atoms with Gasteiger partial charge >= 0.3 is 5.97 Å². The zero-order valence-electron chi connectivity index (χ0n) is 9.14. The number of carbonyl (C=O) groups is 3. The van der Waals surface area contributed by atoms with Gasteiger partial charge in [0.1, 0.15) is 6.54 Å². The second-order valence-electron chi connectivity index (χ2n) is 3.72. The van der Waals surface area contributed by atoms with Crippen LogP contribution in [-0.4, -0.2) is 47.5 Å². The summed E-state index contributed by atoms with van der Waals surface area (Å²) in [6.07, 6.45) is 1.09. The summed E-state index contributed by atoms with van der Waals surface area (Å²) < 4.78 is 5.10. The largest absolute Gasteiger partial charge is 0.480 e. The Morgan fingerprint density at radius 2 is 1.88 bits per heavy atom. The van der Waals surface area contributed by atoms with Crippen LogP contribution in [-0.2, 0) is 19.1 Å². The van der Waals surface area contributed by atoms with E-state index in [1.54, 1.807) is 0 Å². The van der Waals surface area contributed by atoms with Crippen molar-refractivity contribution in [1.82, 2.24) is 4.90 Å². The number of carboxylic acids is 1. The lowest BCUT2D eigenvalue weighted by atomic mass is 9.98. The van der Waals surface area contributed by atoms with Gasteiger partial charge in [0.25, 0.3) is 0 Å². The van der Waals surface area contributed by atoms with Gasteiger partial charge in [0.2, 0.25) is 11.8 Å². The summed E-state index contributed by atoms with van der Waals surface area (Å²) in [5, 5.41) is 8.61. The van der Waals surface area contributed by atoms with Gasteiger partial charge in [-0.15, -0.1) is 0 Å². The molecule has 0 bridgehead atoms. The van der Waals surface area contributed by atoms with Crippen LogP contribution >= 0.6 is 0 Å². The Labute approximate surface area is 93.2 Å². The van der Waals surface area contributed by atoms with E-state index in [0.29, 0.717) is 26.1 Å². The highest BCUT2D eigenvalue weighted by molar-refractivity contribution is 5.98. The summed E-state index contributed by atoms with van der Waals surface area (Å²) in [6, 6.07) is 0. The first-order valence-corrected chi connectivity index (χ1v) is 5.14. The monoisotopic (exact) mass is 229 g/mol. The molecule has 0 saturated carbocycles. The van der Waals surface area contributed by atoms with Crippen LogP contribution in [0, 0.1) is 5.92 Å². The number of rotatable bonds is 3. The predicted octanol–water partition coefficient (Wildman–Crippen LogP) is -0.127. The molecule has 0 aliphatic carbocycles. The molecule has 1 saturated heterocycles. The van der Waals surface area contributed by atoms with Crippen molar-refractivity contribution in [3.63, 3.8) is 0 Å². The van der Waals surface area contributed by atoms with Crippen LogP contribution in [0.4, 0.5) is 0 Å². The highest BCUT2D eigenvalue weighted by Gasteiger charge is 2.29. The Morgan fingerprint density at radius 3 is 2.31 bits per heavy atom. The zero-order chi connectivity index (χ0) is 12.1. The number of carbonyl (C=O) groups excluding carboxylic acids is 2. The summed E-state index contributed by atoms with van der Waals surface area (Å²) in [7, 11) is 0. The second-order valence-corrected chi connectivity index (χ2v) is 3.72. The number of ether oxygens (including phenoxy) is 1. The Morgan fingerprint density at radius 1 is 1.31 bits per heavy atom. The molecule has 16 heavy (non-hydrogen) atoms. The van der Waals surface area contributed by atoms with Crippen molar-refractivity contribution in [2.45, 2.75) is 19.8 Å². The smallest absolute Gasteiger partial charge is 0.323 e. The minimum atomic E-state index is -1.18.